The van der Waals surface area contributed by atoms with Crippen LogP contribution in [0.2, 0.25) is 0 Å². The van der Waals surface area contributed by atoms with E-state index in [-0.39, 0.29) is 5.91 Å². The van der Waals surface area contributed by atoms with Crippen LogP contribution in [0.4, 0.5) is 5.69 Å². The summed E-state index contributed by atoms with van der Waals surface area (Å²) in [5.74, 6) is 0.0846. The quantitative estimate of drug-likeness (QED) is 0.778. The van der Waals surface area contributed by atoms with Gasteiger partial charge in [-0.25, -0.2) is 0 Å². The van der Waals surface area contributed by atoms with Crippen molar-refractivity contribution in [1.29, 1.82) is 0 Å². The number of hydrogen-bond donors (Lipinski definition) is 2. The van der Waals surface area contributed by atoms with Crippen LogP contribution in [-0.4, -0.2) is 19.5 Å². The van der Waals surface area contributed by atoms with Crippen molar-refractivity contribution in [3.63, 3.8) is 0 Å². The molecule has 1 aromatic rings. The number of carbonyl (C=O) groups excluding carboxylic acids is 1. The first-order valence-corrected chi connectivity index (χ1v) is 5.03. The van der Waals surface area contributed by atoms with Crippen molar-refractivity contribution in [2.24, 2.45) is 0 Å². The second-order valence-corrected chi connectivity index (χ2v) is 3.60. The fraction of sp³-hybridized carbons (Fsp3) is 0.250. The van der Waals surface area contributed by atoms with Crippen LogP contribution in [0.1, 0.15) is 11.1 Å². The van der Waals surface area contributed by atoms with E-state index in [4.69, 9.17) is 0 Å². The van der Waals surface area contributed by atoms with E-state index in [9.17, 15) is 4.79 Å². The second kappa shape index (κ2) is 4.28. The van der Waals surface area contributed by atoms with Gasteiger partial charge in [0.1, 0.15) is 0 Å². The molecule has 0 atom stereocenters. The summed E-state index contributed by atoms with van der Waals surface area (Å²) >= 11 is 0. The fourth-order valence-electron chi connectivity index (χ4n) is 1.67. The number of likely N-dealkylation sites (N-methyl/N-ethyl adjacent to an activating group) is 1. The van der Waals surface area contributed by atoms with Crippen molar-refractivity contribution in [3.05, 3.63) is 35.4 Å². The molecule has 1 aliphatic rings. The molecule has 0 unspecified atom stereocenters. The third-order valence-corrected chi connectivity index (χ3v) is 2.39. The van der Waals surface area contributed by atoms with Gasteiger partial charge >= 0.3 is 0 Å². The standard InChI is InChI=1S/C12H14N2O/c1-13-6-2-3-9-4-5-11-10(7-9)8-12(15)14-11/h2-5,7,13H,6,8H2,1H3,(H,14,15). The normalized spacial score (nSPS) is 14.3. The molecule has 0 radical (unpaired) electrons. The molecule has 15 heavy (non-hydrogen) atoms. The number of carbonyl (C=O) groups is 1. The summed E-state index contributed by atoms with van der Waals surface area (Å²) < 4.78 is 0. The smallest absolute Gasteiger partial charge is 0.228 e. The SMILES string of the molecule is CNCC=Cc1ccc2c(c1)CC(=O)N2. The highest BCUT2D eigenvalue weighted by Gasteiger charge is 2.16. The molecule has 0 bridgehead atoms. The largest absolute Gasteiger partial charge is 0.326 e. The van der Waals surface area contributed by atoms with Gasteiger partial charge in [-0.05, 0) is 30.3 Å². The van der Waals surface area contributed by atoms with Gasteiger partial charge in [-0.15, -0.1) is 0 Å². The summed E-state index contributed by atoms with van der Waals surface area (Å²) in [6, 6.07) is 6.02. The molecule has 0 aromatic heterocycles. The number of anilines is 1. The highest BCUT2D eigenvalue weighted by atomic mass is 16.1. The Morgan fingerprint density at radius 3 is 3.20 bits per heavy atom. The minimum atomic E-state index is 0.0846. The summed E-state index contributed by atoms with van der Waals surface area (Å²) in [6.07, 6.45) is 4.62. The molecule has 3 heteroatoms. The van der Waals surface area contributed by atoms with E-state index in [0.29, 0.717) is 6.42 Å². The van der Waals surface area contributed by atoms with Gasteiger partial charge in [0.25, 0.3) is 0 Å². The van der Waals surface area contributed by atoms with E-state index in [2.05, 4.69) is 28.9 Å². The van der Waals surface area contributed by atoms with Gasteiger partial charge < -0.3 is 10.6 Å². The summed E-state index contributed by atoms with van der Waals surface area (Å²) in [4.78, 5) is 11.1. The minimum absolute atomic E-state index is 0.0846. The van der Waals surface area contributed by atoms with Crippen molar-refractivity contribution in [2.75, 3.05) is 18.9 Å². The maximum Gasteiger partial charge on any atom is 0.228 e. The Labute approximate surface area is 89.2 Å². The topological polar surface area (TPSA) is 41.1 Å². The molecule has 0 saturated carbocycles. The van der Waals surface area contributed by atoms with Crippen LogP contribution < -0.4 is 10.6 Å². The first kappa shape index (κ1) is 9.93. The van der Waals surface area contributed by atoms with Gasteiger partial charge in [0.15, 0.2) is 0 Å². The maximum absolute atomic E-state index is 11.1. The lowest BCUT2D eigenvalue weighted by molar-refractivity contribution is -0.115. The number of nitrogens with one attached hydrogen (secondary N) is 2. The highest BCUT2D eigenvalue weighted by Crippen LogP contribution is 2.24. The predicted octanol–water partition coefficient (Wildman–Crippen LogP) is 1.41. The molecule has 0 aliphatic carbocycles. The number of benzene rings is 1. The zero-order chi connectivity index (χ0) is 10.7. The predicted molar refractivity (Wildman–Crippen MR) is 61.7 cm³/mol. The van der Waals surface area contributed by atoms with Gasteiger partial charge in [0.2, 0.25) is 5.91 Å². The van der Waals surface area contributed by atoms with Crippen LogP contribution >= 0.6 is 0 Å². The zero-order valence-electron chi connectivity index (χ0n) is 8.71. The molecule has 1 aromatic carbocycles. The third kappa shape index (κ3) is 2.25. The number of amides is 1. The Balaban J connectivity index is 2.16. The van der Waals surface area contributed by atoms with E-state index in [0.717, 1.165) is 23.4 Å². The van der Waals surface area contributed by atoms with E-state index in [1.807, 2.05) is 19.2 Å². The summed E-state index contributed by atoms with van der Waals surface area (Å²) in [5, 5.41) is 5.86. The molecule has 0 fully saturated rings. The summed E-state index contributed by atoms with van der Waals surface area (Å²) in [5.41, 5.74) is 3.18. The first-order chi connectivity index (χ1) is 7.29. The van der Waals surface area contributed by atoms with E-state index < -0.39 is 0 Å². The van der Waals surface area contributed by atoms with E-state index >= 15 is 0 Å². The summed E-state index contributed by atoms with van der Waals surface area (Å²) in [6.45, 7) is 0.855. The number of rotatable bonds is 3. The average molecular weight is 202 g/mol. The van der Waals surface area contributed by atoms with E-state index in [1.165, 1.54) is 0 Å². The highest BCUT2D eigenvalue weighted by molar-refractivity contribution is 5.99. The van der Waals surface area contributed by atoms with Crippen molar-refractivity contribution in [2.45, 2.75) is 6.42 Å². The molecule has 78 valence electrons. The maximum atomic E-state index is 11.1. The second-order valence-electron chi connectivity index (χ2n) is 3.60. The Morgan fingerprint density at radius 2 is 2.40 bits per heavy atom. The van der Waals surface area contributed by atoms with Crippen molar-refractivity contribution >= 4 is 17.7 Å². The van der Waals surface area contributed by atoms with Gasteiger partial charge in [-0.1, -0.05) is 18.2 Å². The van der Waals surface area contributed by atoms with Gasteiger partial charge in [0.05, 0.1) is 6.42 Å². The molecule has 0 saturated heterocycles. The van der Waals surface area contributed by atoms with Gasteiger partial charge in [-0.2, -0.15) is 0 Å². The number of fused-ring (bicyclic) bond motifs is 1. The molecule has 2 N–H and O–H groups in total. The molecule has 1 heterocycles. The van der Waals surface area contributed by atoms with Gasteiger partial charge in [-0.3, -0.25) is 4.79 Å². The lowest BCUT2D eigenvalue weighted by Crippen LogP contribution is -2.03. The first-order valence-electron chi connectivity index (χ1n) is 5.03. The molecular formula is C12H14N2O. The molecule has 0 spiro atoms. The van der Waals surface area contributed by atoms with Gasteiger partial charge in [0, 0.05) is 12.2 Å². The molecule has 3 nitrogen and oxygen atoms in total. The molecule has 1 amide bonds. The van der Waals surface area contributed by atoms with Crippen LogP contribution in [0.25, 0.3) is 6.08 Å². The monoisotopic (exact) mass is 202 g/mol. The van der Waals surface area contributed by atoms with Crippen LogP contribution in [0, 0.1) is 0 Å². The molecular weight excluding hydrogens is 188 g/mol. The van der Waals surface area contributed by atoms with Crippen molar-refractivity contribution in [1.82, 2.24) is 5.32 Å². The van der Waals surface area contributed by atoms with Crippen LogP contribution in [-0.2, 0) is 11.2 Å². The zero-order valence-corrected chi connectivity index (χ0v) is 8.71. The van der Waals surface area contributed by atoms with Crippen molar-refractivity contribution < 1.29 is 4.79 Å². The van der Waals surface area contributed by atoms with Crippen LogP contribution in [0.15, 0.2) is 24.3 Å². The Morgan fingerprint density at radius 1 is 1.53 bits per heavy atom. The van der Waals surface area contributed by atoms with Crippen LogP contribution in [0.5, 0.6) is 0 Å². The summed E-state index contributed by atoms with van der Waals surface area (Å²) in [7, 11) is 1.91. The molecule has 2 rings (SSSR count). The molecule has 1 aliphatic heterocycles. The lowest BCUT2D eigenvalue weighted by atomic mass is 10.1. The van der Waals surface area contributed by atoms with Crippen LogP contribution in [0.3, 0.4) is 0 Å². The lowest BCUT2D eigenvalue weighted by Gasteiger charge is -1.99. The third-order valence-electron chi connectivity index (χ3n) is 2.39. The number of hydrogen-bond acceptors (Lipinski definition) is 2. The Hall–Kier alpha value is -1.61. The average Bonchev–Trinajstić information content (AvgIpc) is 2.57. The Kier molecular flexibility index (Phi) is 2.83. The van der Waals surface area contributed by atoms with E-state index in [1.54, 1.807) is 0 Å². The fourth-order valence-corrected chi connectivity index (χ4v) is 1.67. The minimum Gasteiger partial charge on any atom is -0.326 e. The Bertz CT molecular complexity index is 410. The van der Waals surface area contributed by atoms with Crippen molar-refractivity contribution in [3.8, 4) is 0 Å².